The molecule has 0 spiro atoms. The number of rotatable bonds is 1. The molecule has 0 bridgehead atoms. The minimum absolute atomic E-state index is 0.228. The zero-order chi connectivity index (χ0) is 11.1. The van der Waals surface area contributed by atoms with E-state index in [9.17, 15) is 9.18 Å². The molecule has 0 atom stereocenters. The molecule has 2 aromatic heterocycles. The number of nitrogens with zero attached hydrogens (tertiary/aromatic N) is 2. The van der Waals surface area contributed by atoms with Gasteiger partial charge in [0, 0.05) is 0 Å². The van der Waals surface area contributed by atoms with Crippen molar-refractivity contribution < 1.29 is 4.39 Å². The number of H-pyrrole nitrogens is 1. The summed E-state index contributed by atoms with van der Waals surface area (Å²) in [7, 11) is 0. The van der Waals surface area contributed by atoms with Gasteiger partial charge in [0.05, 0.1) is 22.9 Å². The summed E-state index contributed by atoms with van der Waals surface area (Å²) in [4.78, 5) is 18.3. The highest BCUT2D eigenvalue weighted by molar-refractivity contribution is 5.77. The van der Waals surface area contributed by atoms with Gasteiger partial charge >= 0.3 is 0 Å². The molecule has 0 aliphatic heterocycles. The van der Waals surface area contributed by atoms with Crippen molar-refractivity contribution in [1.82, 2.24) is 14.4 Å². The lowest BCUT2D eigenvalue weighted by atomic mass is 10.3. The Bertz CT molecular complexity index is 729. The zero-order valence-electron chi connectivity index (χ0n) is 8.27. The summed E-state index contributed by atoms with van der Waals surface area (Å²) in [6, 6.07) is 7.25. The molecule has 0 saturated carbocycles. The van der Waals surface area contributed by atoms with E-state index in [0.29, 0.717) is 11.2 Å². The first-order valence-corrected chi connectivity index (χ1v) is 4.84. The van der Waals surface area contributed by atoms with Gasteiger partial charge in [-0.2, -0.15) is 0 Å². The third-order valence-electron chi connectivity index (χ3n) is 2.57. The Morgan fingerprint density at radius 1 is 1.38 bits per heavy atom. The van der Waals surface area contributed by atoms with E-state index in [1.807, 2.05) is 18.2 Å². The van der Waals surface area contributed by atoms with Crippen LogP contribution in [-0.4, -0.2) is 14.4 Å². The first-order chi connectivity index (χ1) is 7.81. The van der Waals surface area contributed by atoms with E-state index in [1.54, 1.807) is 10.5 Å². The van der Waals surface area contributed by atoms with Gasteiger partial charge in [0.15, 0.2) is 0 Å². The van der Waals surface area contributed by atoms with Gasteiger partial charge in [-0.3, -0.25) is 9.20 Å². The van der Waals surface area contributed by atoms with Gasteiger partial charge in [0.1, 0.15) is 6.67 Å². The Morgan fingerprint density at radius 3 is 3.00 bits per heavy atom. The molecule has 4 nitrogen and oxygen atoms in total. The third kappa shape index (κ3) is 1.08. The molecule has 2 heterocycles. The van der Waals surface area contributed by atoms with Gasteiger partial charge in [0.25, 0.3) is 5.56 Å². The van der Waals surface area contributed by atoms with E-state index < -0.39 is 6.67 Å². The van der Waals surface area contributed by atoms with Crippen LogP contribution in [0, 0.1) is 0 Å². The number of imidazole rings is 1. The minimum Gasteiger partial charge on any atom is -0.317 e. The molecule has 5 heteroatoms. The number of hydrogen-bond donors (Lipinski definition) is 1. The van der Waals surface area contributed by atoms with Crippen LogP contribution in [0.15, 0.2) is 35.3 Å². The number of aromatic amines is 1. The van der Waals surface area contributed by atoms with Crippen LogP contribution in [0.1, 0.15) is 5.69 Å². The quantitative estimate of drug-likeness (QED) is 0.673. The first kappa shape index (κ1) is 9.08. The summed E-state index contributed by atoms with van der Waals surface area (Å²) >= 11 is 0. The van der Waals surface area contributed by atoms with Crippen molar-refractivity contribution in [2.75, 3.05) is 0 Å². The van der Waals surface area contributed by atoms with Crippen molar-refractivity contribution in [2.24, 2.45) is 0 Å². The highest BCUT2D eigenvalue weighted by Gasteiger charge is 2.09. The van der Waals surface area contributed by atoms with E-state index in [2.05, 4.69) is 9.97 Å². The molecular formula is C11H8FN3O. The summed E-state index contributed by atoms with van der Waals surface area (Å²) in [6.45, 7) is -0.644. The predicted molar refractivity (Wildman–Crippen MR) is 58.1 cm³/mol. The van der Waals surface area contributed by atoms with Crippen LogP contribution < -0.4 is 5.56 Å². The number of para-hydroxylation sites is 2. The fourth-order valence-electron chi connectivity index (χ4n) is 1.86. The van der Waals surface area contributed by atoms with Crippen LogP contribution in [0.4, 0.5) is 4.39 Å². The largest absolute Gasteiger partial charge is 0.317 e. The average Bonchev–Trinajstić information content (AvgIpc) is 2.74. The van der Waals surface area contributed by atoms with Crippen molar-refractivity contribution in [3.8, 4) is 0 Å². The summed E-state index contributed by atoms with van der Waals surface area (Å²) < 4.78 is 14.3. The molecule has 0 saturated heterocycles. The zero-order valence-corrected chi connectivity index (χ0v) is 8.27. The molecule has 0 amide bonds. The van der Waals surface area contributed by atoms with Crippen LogP contribution in [0.5, 0.6) is 0 Å². The van der Waals surface area contributed by atoms with Crippen molar-refractivity contribution >= 4 is 16.7 Å². The Labute approximate surface area is 89.4 Å². The highest BCUT2D eigenvalue weighted by Crippen LogP contribution is 2.14. The molecule has 80 valence electrons. The molecule has 0 aliphatic carbocycles. The van der Waals surface area contributed by atoms with Gasteiger partial charge in [-0.05, 0) is 12.1 Å². The van der Waals surface area contributed by atoms with Crippen LogP contribution >= 0.6 is 0 Å². The third-order valence-corrected chi connectivity index (χ3v) is 2.57. The van der Waals surface area contributed by atoms with E-state index in [4.69, 9.17) is 0 Å². The number of benzene rings is 1. The average molecular weight is 217 g/mol. The second-order valence-corrected chi connectivity index (χ2v) is 3.51. The van der Waals surface area contributed by atoms with E-state index in [-0.39, 0.29) is 11.2 Å². The molecule has 0 fully saturated rings. The maximum atomic E-state index is 12.8. The van der Waals surface area contributed by atoms with Crippen molar-refractivity contribution in [3.63, 3.8) is 0 Å². The Kier molecular flexibility index (Phi) is 1.80. The highest BCUT2D eigenvalue weighted by atomic mass is 19.1. The number of alkyl halides is 1. The summed E-state index contributed by atoms with van der Waals surface area (Å²) in [5, 5.41) is 0. The van der Waals surface area contributed by atoms with Gasteiger partial charge in [0.2, 0.25) is 5.65 Å². The van der Waals surface area contributed by atoms with Gasteiger partial charge < -0.3 is 4.98 Å². The first-order valence-electron chi connectivity index (χ1n) is 4.84. The maximum Gasteiger partial charge on any atom is 0.292 e. The minimum atomic E-state index is -0.644. The SMILES string of the molecule is O=c1[nH]c2ccccc2n2c(CF)cnc12. The molecule has 3 rings (SSSR count). The van der Waals surface area contributed by atoms with E-state index in [0.717, 1.165) is 5.52 Å². The number of halogens is 1. The van der Waals surface area contributed by atoms with Crippen LogP contribution in [-0.2, 0) is 6.67 Å². The summed E-state index contributed by atoms with van der Waals surface area (Å²) in [5.41, 5.74) is 1.73. The molecule has 0 unspecified atom stereocenters. The molecule has 0 aliphatic rings. The number of fused-ring (bicyclic) bond motifs is 3. The number of nitrogens with one attached hydrogen (secondary N) is 1. The molecular weight excluding hydrogens is 209 g/mol. The fraction of sp³-hybridized carbons (Fsp3) is 0.0909. The second-order valence-electron chi connectivity index (χ2n) is 3.51. The lowest BCUT2D eigenvalue weighted by molar-refractivity contribution is 0.475. The molecule has 1 aromatic carbocycles. The molecule has 0 radical (unpaired) electrons. The van der Waals surface area contributed by atoms with Crippen molar-refractivity contribution in [1.29, 1.82) is 0 Å². The standard InChI is InChI=1S/C11H8FN3O/c12-5-7-6-13-10-11(16)14-8-3-1-2-4-9(8)15(7)10/h1-4,6H,5H2,(H,14,16). The Hall–Kier alpha value is -2.17. The lowest BCUT2D eigenvalue weighted by Gasteiger charge is -2.03. The second kappa shape index (κ2) is 3.16. The number of aromatic nitrogens is 3. The predicted octanol–water partition coefficient (Wildman–Crippen LogP) is 1.65. The monoisotopic (exact) mass is 217 g/mol. The van der Waals surface area contributed by atoms with Gasteiger partial charge in [-0.1, -0.05) is 12.1 Å². The molecule has 16 heavy (non-hydrogen) atoms. The Balaban J connectivity index is 2.65. The molecule has 3 aromatic rings. The topological polar surface area (TPSA) is 50.2 Å². The Morgan fingerprint density at radius 2 is 2.19 bits per heavy atom. The van der Waals surface area contributed by atoms with Gasteiger partial charge in [-0.15, -0.1) is 0 Å². The normalized spacial score (nSPS) is 11.3. The fourth-order valence-corrected chi connectivity index (χ4v) is 1.86. The smallest absolute Gasteiger partial charge is 0.292 e. The van der Waals surface area contributed by atoms with E-state index in [1.165, 1.54) is 6.20 Å². The molecule has 1 N–H and O–H groups in total. The van der Waals surface area contributed by atoms with Crippen molar-refractivity contribution in [2.45, 2.75) is 6.67 Å². The van der Waals surface area contributed by atoms with Gasteiger partial charge in [-0.25, -0.2) is 9.37 Å². The van der Waals surface area contributed by atoms with Crippen LogP contribution in [0.2, 0.25) is 0 Å². The lowest BCUT2D eigenvalue weighted by Crippen LogP contribution is -2.11. The number of hydrogen-bond acceptors (Lipinski definition) is 2. The van der Waals surface area contributed by atoms with Crippen molar-refractivity contribution in [3.05, 3.63) is 46.5 Å². The maximum absolute atomic E-state index is 12.8. The van der Waals surface area contributed by atoms with Crippen LogP contribution in [0.3, 0.4) is 0 Å². The van der Waals surface area contributed by atoms with Crippen LogP contribution in [0.25, 0.3) is 16.7 Å². The summed E-state index contributed by atoms with van der Waals surface area (Å²) in [5.74, 6) is 0. The van der Waals surface area contributed by atoms with E-state index >= 15 is 0 Å². The summed E-state index contributed by atoms with van der Waals surface area (Å²) in [6.07, 6.45) is 1.39.